The van der Waals surface area contributed by atoms with Gasteiger partial charge in [0.05, 0.1) is 12.1 Å². The fourth-order valence-corrected chi connectivity index (χ4v) is 4.04. The van der Waals surface area contributed by atoms with E-state index in [1.54, 1.807) is 0 Å². The van der Waals surface area contributed by atoms with Crippen LogP contribution >= 0.6 is 0 Å². The molecule has 0 spiro atoms. The number of anilines is 1. The summed E-state index contributed by atoms with van der Waals surface area (Å²) in [5.41, 5.74) is 7.02. The second-order valence-corrected chi connectivity index (χ2v) is 6.91. The highest BCUT2D eigenvalue weighted by molar-refractivity contribution is 5.55. The van der Waals surface area contributed by atoms with E-state index in [4.69, 9.17) is 4.74 Å². The highest BCUT2D eigenvalue weighted by Crippen LogP contribution is 2.40. The molecule has 0 radical (unpaired) electrons. The zero-order valence-electron chi connectivity index (χ0n) is 14.1. The maximum atomic E-state index is 6.11. The molecule has 0 amide bonds. The predicted molar refractivity (Wildman–Crippen MR) is 95.1 cm³/mol. The van der Waals surface area contributed by atoms with Gasteiger partial charge in [0.25, 0.3) is 0 Å². The molecule has 2 aliphatic rings. The summed E-state index contributed by atoms with van der Waals surface area (Å²) >= 11 is 0. The lowest BCUT2D eigenvalue weighted by Gasteiger charge is -2.42. The molecule has 2 heteroatoms. The van der Waals surface area contributed by atoms with Crippen LogP contribution in [0.1, 0.15) is 41.1 Å². The Morgan fingerprint density at radius 2 is 1.91 bits per heavy atom. The van der Waals surface area contributed by atoms with Crippen LogP contribution in [0.2, 0.25) is 0 Å². The van der Waals surface area contributed by atoms with Crippen LogP contribution in [0.15, 0.2) is 42.5 Å². The zero-order valence-corrected chi connectivity index (χ0v) is 14.1. The van der Waals surface area contributed by atoms with Crippen molar-refractivity contribution in [3.8, 4) is 0 Å². The molecule has 1 unspecified atom stereocenters. The van der Waals surface area contributed by atoms with Gasteiger partial charge in [-0.15, -0.1) is 0 Å². The van der Waals surface area contributed by atoms with Crippen molar-refractivity contribution in [2.45, 2.75) is 45.3 Å². The predicted octanol–water partition coefficient (Wildman–Crippen LogP) is 4.59. The van der Waals surface area contributed by atoms with Gasteiger partial charge in [0.2, 0.25) is 0 Å². The van der Waals surface area contributed by atoms with E-state index in [0.29, 0.717) is 12.1 Å². The number of fused-ring (bicyclic) bond motifs is 1. The van der Waals surface area contributed by atoms with Gasteiger partial charge >= 0.3 is 0 Å². The van der Waals surface area contributed by atoms with Gasteiger partial charge in [-0.1, -0.05) is 30.3 Å². The summed E-state index contributed by atoms with van der Waals surface area (Å²) in [6.07, 6.45) is 3.79. The van der Waals surface area contributed by atoms with E-state index in [1.165, 1.54) is 40.8 Å². The summed E-state index contributed by atoms with van der Waals surface area (Å²) in [6.45, 7) is 6.37. The maximum absolute atomic E-state index is 6.11. The van der Waals surface area contributed by atoms with Crippen molar-refractivity contribution in [1.82, 2.24) is 0 Å². The molecule has 0 aromatic heterocycles. The van der Waals surface area contributed by atoms with Crippen molar-refractivity contribution in [1.29, 1.82) is 0 Å². The summed E-state index contributed by atoms with van der Waals surface area (Å²) in [6, 6.07) is 16.1. The quantitative estimate of drug-likeness (QED) is 0.805. The van der Waals surface area contributed by atoms with Crippen LogP contribution in [-0.4, -0.2) is 19.3 Å². The van der Waals surface area contributed by atoms with Gasteiger partial charge < -0.3 is 9.64 Å². The third-order valence-corrected chi connectivity index (χ3v) is 5.47. The van der Waals surface area contributed by atoms with Gasteiger partial charge in [0, 0.05) is 18.8 Å². The standard InChI is InChI=1S/C21H25NO/c1-15-9-10-18(14-16(15)2)22-12-11-17-6-3-4-7-19(17)21(22)20-8-5-13-23-20/h3-4,6-7,9-10,14,20-21H,5,8,11-13H2,1-2H3/t20?,21-/m1/s1. The Hall–Kier alpha value is -1.80. The lowest BCUT2D eigenvalue weighted by atomic mass is 9.88. The van der Waals surface area contributed by atoms with Crippen molar-refractivity contribution in [2.75, 3.05) is 18.1 Å². The SMILES string of the molecule is Cc1ccc(N2CCc3ccccc3[C@@H]2C2CCCO2)cc1C. The third-order valence-electron chi connectivity index (χ3n) is 5.47. The van der Waals surface area contributed by atoms with E-state index in [-0.39, 0.29) is 0 Å². The van der Waals surface area contributed by atoms with Gasteiger partial charge in [-0.05, 0) is 67.5 Å². The maximum Gasteiger partial charge on any atom is 0.0821 e. The minimum Gasteiger partial charge on any atom is -0.376 e. The first-order chi connectivity index (χ1) is 11.2. The smallest absolute Gasteiger partial charge is 0.0821 e. The Morgan fingerprint density at radius 3 is 2.70 bits per heavy atom. The van der Waals surface area contributed by atoms with Gasteiger partial charge in [0.15, 0.2) is 0 Å². The molecule has 2 aromatic carbocycles. The molecule has 0 bridgehead atoms. The lowest BCUT2D eigenvalue weighted by Crippen LogP contribution is -2.41. The number of aryl methyl sites for hydroxylation is 2. The van der Waals surface area contributed by atoms with Crippen LogP contribution in [0.25, 0.3) is 0 Å². The molecule has 4 rings (SSSR count). The van der Waals surface area contributed by atoms with E-state index < -0.39 is 0 Å². The third kappa shape index (κ3) is 2.66. The number of ether oxygens (including phenoxy) is 1. The summed E-state index contributed by atoms with van der Waals surface area (Å²) in [5, 5.41) is 0. The molecule has 1 fully saturated rings. The van der Waals surface area contributed by atoms with Crippen LogP contribution in [0, 0.1) is 13.8 Å². The number of hydrogen-bond acceptors (Lipinski definition) is 2. The Balaban J connectivity index is 1.77. The molecule has 120 valence electrons. The Bertz CT molecular complexity index is 703. The molecule has 1 saturated heterocycles. The molecule has 2 aromatic rings. The summed E-state index contributed by atoms with van der Waals surface area (Å²) in [7, 11) is 0. The minimum atomic E-state index is 0.318. The van der Waals surface area contributed by atoms with Gasteiger partial charge in [-0.25, -0.2) is 0 Å². The van der Waals surface area contributed by atoms with Crippen molar-refractivity contribution in [2.24, 2.45) is 0 Å². The molecule has 2 nitrogen and oxygen atoms in total. The number of nitrogens with zero attached hydrogens (tertiary/aromatic N) is 1. The average molecular weight is 307 g/mol. The first-order valence-electron chi connectivity index (χ1n) is 8.77. The van der Waals surface area contributed by atoms with Crippen molar-refractivity contribution in [3.63, 3.8) is 0 Å². The van der Waals surface area contributed by atoms with Gasteiger partial charge in [-0.2, -0.15) is 0 Å². The number of benzene rings is 2. The van der Waals surface area contributed by atoms with E-state index in [1.807, 2.05) is 0 Å². The van der Waals surface area contributed by atoms with Crippen molar-refractivity contribution in [3.05, 3.63) is 64.7 Å². The first-order valence-corrected chi connectivity index (χ1v) is 8.77. The van der Waals surface area contributed by atoms with Gasteiger partial charge in [0.1, 0.15) is 0 Å². The topological polar surface area (TPSA) is 12.5 Å². The Kier molecular flexibility index (Phi) is 3.86. The van der Waals surface area contributed by atoms with Crippen molar-refractivity contribution >= 4 is 5.69 Å². The average Bonchev–Trinajstić information content (AvgIpc) is 3.10. The lowest BCUT2D eigenvalue weighted by molar-refractivity contribution is 0.0854. The molecule has 2 aliphatic heterocycles. The van der Waals surface area contributed by atoms with Crippen LogP contribution in [0.4, 0.5) is 5.69 Å². The molecule has 0 N–H and O–H groups in total. The Labute approximate surface area is 139 Å². The van der Waals surface area contributed by atoms with Crippen LogP contribution in [0.3, 0.4) is 0 Å². The highest BCUT2D eigenvalue weighted by Gasteiger charge is 2.36. The van der Waals surface area contributed by atoms with E-state index in [9.17, 15) is 0 Å². The molecular weight excluding hydrogens is 282 g/mol. The van der Waals surface area contributed by atoms with E-state index in [0.717, 1.165) is 19.6 Å². The van der Waals surface area contributed by atoms with Crippen molar-refractivity contribution < 1.29 is 4.74 Å². The first kappa shape index (κ1) is 14.8. The number of rotatable bonds is 2. The summed E-state index contributed by atoms with van der Waals surface area (Å²) < 4.78 is 6.11. The van der Waals surface area contributed by atoms with Gasteiger partial charge in [-0.3, -0.25) is 0 Å². The molecule has 23 heavy (non-hydrogen) atoms. The summed E-state index contributed by atoms with van der Waals surface area (Å²) in [5.74, 6) is 0. The summed E-state index contributed by atoms with van der Waals surface area (Å²) in [4.78, 5) is 2.57. The largest absolute Gasteiger partial charge is 0.376 e. The fraction of sp³-hybridized carbons (Fsp3) is 0.429. The molecule has 2 heterocycles. The van der Waals surface area contributed by atoms with Crippen LogP contribution in [-0.2, 0) is 11.2 Å². The van der Waals surface area contributed by atoms with E-state index in [2.05, 4.69) is 61.2 Å². The number of hydrogen-bond donors (Lipinski definition) is 0. The molecule has 2 atom stereocenters. The van der Waals surface area contributed by atoms with E-state index >= 15 is 0 Å². The molecular formula is C21H25NO. The normalized spacial score (nSPS) is 23.8. The fourth-order valence-electron chi connectivity index (χ4n) is 4.04. The van der Waals surface area contributed by atoms with Crippen LogP contribution in [0.5, 0.6) is 0 Å². The molecule has 0 saturated carbocycles. The molecule has 0 aliphatic carbocycles. The van der Waals surface area contributed by atoms with Crippen LogP contribution < -0.4 is 4.90 Å². The zero-order chi connectivity index (χ0) is 15.8. The second-order valence-electron chi connectivity index (χ2n) is 6.91. The second kappa shape index (κ2) is 6.01. The minimum absolute atomic E-state index is 0.318. The monoisotopic (exact) mass is 307 g/mol. The highest BCUT2D eigenvalue weighted by atomic mass is 16.5. The Morgan fingerprint density at radius 1 is 1.04 bits per heavy atom.